The van der Waals surface area contributed by atoms with Crippen molar-refractivity contribution < 1.29 is 9.53 Å². The molecule has 114 valence electrons. The van der Waals surface area contributed by atoms with Crippen LogP contribution in [0.2, 0.25) is 0 Å². The van der Waals surface area contributed by atoms with Crippen molar-refractivity contribution in [3.05, 3.63) is 29.3 Å². The summed E-state index contributed by atoms with van der Waals surface area (Å²) in [6.45, 7) is 6.70. The van der Waals surface area contributed by atoms with Gasteiger partial charge in [-0.2, -0.15) is 5.10 Å². The predicted octanol–water partition coefficient (Wildman–Crippen LogP) is 2.41. The lowest BCUT2D eigenvalue weighted by Gasteiger charge is -2.17. The number of aromatic amines is 1. The molecule has 2 aromatic heterocycles. The van der Waals surface area contributed by atoms with Gasteiger partial charge in [0.15, 0.2) is 10.9 Å². The molecule has 0 bridgehead atoms. The molecule has 0 unspecified atom stereocenters. The first-order valence-corrected chi connectivity index (χ1v) is 7.71. The van der Waals surface area contributed by atoms with Crippen molar-refractivity contribution in [1.29, 1.82) is 0 Å². The Kier molecular flexibility index (Phi) is 5.19. The van der Waals surface area contributed by atoms with Crippen LogP contribution in [0.4, 0.5) is 0 Å². The van der Waals surface area contributed by atoms with Gasteiger partial charge in [-0.15, -0.1) is 0 Å². The highest BCUT2D eigenvalue weighted by Gasteiger charge is 2.19. The normalized spacial score (nSPS) is 12.6. The van der Waals surface area contributed by atoms with Gasteiger partial charge in [0, 0.05) is 24.1 Å². The number of nitrogens with zero attached hydrogens (tertiary/aromatic N) is 3. The number of ether oxygens (including phenoxy) is 1. The van der Waals surface area contributed by atoms with Gasteiger partial charge in [0.2, 0.25) is 0 Å². The van der Waals surface area contributed by atoms with E-state index >= 15 is 0 Å². The van der Waals surface area contributed by atoms with E-state index in [1.165, 1.54) is 18.1 Å². The maximum absolute atomic E-state index is 12.4. The van der Waals surface area contributed by atoms with E-state index in [-0.39, 0.29) is 11.8 Å². The molecule has 7 heteroatoms. The Balaban J connectivity index is 2.12. The number of methoxy groups -OCH3 is 1. The van der Waals surface area contributed by atoms with Crippen LogP contribution in [0.3, 0.4) is 0 Å². The molecule has 0 fully saturated rings. The largest absolute Gasteiger partial charge is 0.383 e. The maximum Gasteiger partial charge on any atom is 0.183 e. The first-order valence-electron chi connectivity index (χ1n) is 6.73. The second kappa shape index (κ2) is 6.91. The first kappa shape index (κ1) is 15.8. The molecule has 2 rings (SSSR count). The Hall–Kier alpha value is -1.60. The Bertz CT molecular complexity index is 607. The third-order valence-corrected chi connectivity index (χ3v) is 4.24. The minimum Gasteiger partial charge on any atom is -0.383 e. The number of Topliss-reactive ketones (excluding diaryl/α,β-unsaturated/α-hetero) is 1. The van der Waals surface area contributed by atoms with Crippen molar-refractivity contribution in [2.24, 2.45) is 0 Å². The number of ketones is 1. The van der Waals surface area contributed by atoms with Crippen molar-refractivity contribution in [2.75, 3.05) is 19.5 Å². The van der Waals surface area contributed by atoms with Crippen molar-refractivity contribution >= 4 is 17.5 Å². The van der Waals surface area contributed by atoms with Gasteiger partial charge in [-0.05, 0) is 26.8 Å². The number of thioether (sulfide) groups is 1. The summed E-state index contributed by atoms with van der Waals surface area (Å²) in [6.07, 6.45) is 1.44. The molecule has 21 heavy (non-hydrogen) atoms. The molecule has 0 saturated heterocycles. The SMILES string of the molecule is COC[C@@H](C)n1c(C)cc(C(=O)CSc2ncn[nH]2)c1C. The lowest BCUT2D eigenvalue weighted by Crippen LogP contribution is -2.14. The quantitative estimate of drug-likeness (QED) is 0.628. The predicted molar refractivity (Wildman–Crippen MR) is 81.9 cm³/mol. The van der Waals surface area contributed by atoms with Crippen LogP contribution in [-0.4, -0.2) is 45.0 Å². The molecule has 1 N–H and O–H groups in total. The average Bonchev–Trinajstić information content (AvgIpc) is 3.04. The minimum atomic E-state index is 0.0976. The highest BCUT2D eigenvalue weighted by atomic mass is 32.2. The third-order valence-electron chi connectivity index (χ3n) is 3.37. The summed E-state index contributed by atoms with van der Waals surface area (Å²) in [6, 6.07) is 2.16. The maximum atomic E-state index is 12.4. The van der Waals surface area contributed by atoms with Gasteiger partial charge in [-0.25, -0.2) is 4.98 Å². The zero-order valence-electron chi connectivity index (χ0n) is 12.7. The lowest BCUT2D eigenvalue weighted by molar-refractivity contribution is 0.102. The van der Waals surface area contributed by atoms with Crippen LogP contribution in [0.25, 0.3) is 0 Å². The second-order valence-corrected chi connectivity index (χ2v) is 5.93. The number of H-pyrrole nitrogens is 1. The van der Waals surface area contributed by atoms with Gasteiger partial charge in [0.05, 0.1) is 18.4 Å². The van der Waals surface area contributed by atoms with Crippen molar-refractivity contribution in [3.8, 4) is 0 Å². The van der Waals surface area contributed by atoms with E-state index in [1.807, 2.05) is 19.9 Å². The van der Waals surface area contributed by atoms with Crippen molar-refractivity contribution in [2.45, 2.75) is 32.0 Å². The number of hydrogen-bond donors (Lipinski definition) is 1. The molecule has 0 spiro atoms. The summed E-state index contributed by atoms with van der Waals surface area (Å²) >= 11 is 1.36. The smallest absolute Gasteiger partial charge is 0.183 e. The molecular weight excluding hydrogens is 288 g/mol. The van der Waals surface area contributed by atoms with E-state index in [1.54, 1.807) is 7.11 Å². The van der Waals surface area contributed by atoms with E-state index in [0.717, 1.165) is 17.0 Å². The molecular formula is C14H20N4O2S. The van der Waals surface area contributed by atoms with Crippen LogP contribution in [0.15, 0.2) is 17.6 Å². The van der Waals surface area contributed by atoms with Crippen LogP contribution in [0.1, 0.15) is 34.7 Å². The topological polar surface area (TPSA) is 72.8 Å². The highest BCUT2D eigenvalue weighted by molar-refractivity contribution is 7.99. The number of aryl methyl sites for hydroxylation is 1. The molecule has 0 amide bonds. The molecule has 6 nitrogen and oxygen atoms in total. The molecule has 0 aliphatic heterocycles. The van der Waals surface area contributed by atoms with Crippen LogP contribution < -0.4 is 0 Å². The lowest BCUT2D eigenvalue weighted by atomic mass is 10.2. The zero-order chi connectivity index (χ0) is 15.4. The van der Waals surface area contributed by atoms with E-state index in [4.69, 9.17) is 4.74 Å². The average molecular weight is 308 g/mol. The Morgan fingerprint density at radius 2 is 2.29 bits per heavy atom. The van der Waals surface area contributed by atoms with Gasteiger partial charge >= 0.3 is 0 Å². The Morgan fingerprint density at radius 1 is 1.52 bits per heavy atom. The summed E-state index contributed by atoms with van der Waals surface area (Å²) in [4.78, 5) is 16.4. The number of hydrogen-bond acceptors (Lipinski definition) is 5. The Labute approximate surface area is 128 Å². The van der Waals surface area contributed by atoms with Gasteiger partial charge in [-0.1, -0.05) is 11.8 Å². The van der Waals surface area contributed by atoms with Crippen LogP contribution in [0, 0.1) is 13.8 Å². The van der Waals surface area contributed by atoms with E-state index in [9.17, 15) is 4.79 Å². The van der Waals surface area contributed by atoms with Crippen LogP contribution >= 0.6 is 11.8 Å². The van der Waals surface area contributed by atoms with E-state index < -0.39 is 0 Å². The fourth-order valence-electron chi connectivity index (χ4n) is 2.53. The number of rotatable bonds is 7. The van der Waals surface area contributed by atoms with Crippen LogP contribution in [-0.2, 0) is 4.74 Å². The van der Waals surface area contributed by atoms with Gasteiger partial charge < -0.3 is 9.30 Å². The summed E-state index contributed by atoms with van der Waals surface area (Å²) in [5, 5.41) is 7.16. The number of aromatic nitrogens is 4. The summed E-state index contributed by atoms with van der Waals surface area (Å²) in [5.74, 6) is 0.443. The van der Waals surface area contributed by atoms with Gasteiger partial charge in [-0.3, -0.25) is 9.89 Å². The second-order valence-electron chi connectivity index (χ2n) is 4.96. The fourth-order valence-corrected chi connectivity index (χ4v) is 3.19. The van der Waals surface area contributed by atoms with Crippen molar-refractivity contribution in [3.63, 3.8) is 0 Å². The molecule has 2 heterocycles. The van der Waals surface area contributed by atoms with Crippen LogP contribution in [0.5, 0.6) is 0 Å². The van der Waals surface area contributed by atoms with Crippen molar-refractivity contribution in [1.82, 2.24) is 19.7 Å². The third kappa shape index (κ3) is 3.54. The van der Waals surface area contributed by atoms with Gasteiger partial charge in [0.25, 0.3) is 0 Å². The highest BCUT2D eigenvalue weighted by Crippen LogP contribution is 2.23. The number of carbonyl (C=O) groups is 1. The van der Waals surface area contributed by atoms with Gasteiger partial charge in [0.1, 0.15) is 6.33 Å². The number of nitrogens with one attached hydrogen (secondary N) is 1. The summed E-state index contributed by atoms with van der Waals surface area (Å²) < 4.78 is 7.35. The molecule has 0 aromatic carbocycles. The Morgan fingerprint density at radius 3 is 2.90 bits per heavy atom. The first-order chi connectivity index (χ1) is 10.0. The number of carbonyl (C=O) groups excluding carboxylic acids is 1. The molecule has 0 saturated carbocycles. The summed E-state index contributed by atoms with van der Waals surface area (Å²) in [7, 11) is 1.69. The standard InChI is InChI=1S/C14H20N4O2S/c1-9-5-12(11(3)18(9)10(2)6-20-4)13(19)7-21-14-15-8-16-17-14/h5,8,10H,6-7H2,1-4H3,(H,15,16,17)/t10-/m1/s1. The molecule has 0 radical (unpaired) electrons. The summed E-state index contributed by atoms with van der Waals surface area (Å²) in [5.41, 5.74) is 2.83. The molecule has 2 aromatic rings. The zero-order valence-corrected chi connectivity index (χ0v) is 13.5. The van der Waals surface area contributed by atoms with E-state index in [2.05, 4.69) is 26.7 Å². The van der Waals surface area contributed by atoms with E-state index in [0.29, 0.717) is 17.5 Å². The fraction of sp³-hybridized carbons (Fsp3) is 0.500. The molecule has 1 atom stereocenters. The minimum absolute atomic E-state index is 0.0976. The molecule has 0 aliphatic carbocycles. The monoisotopic (exact) mass is 308 g/mol. The molecule has 0 aliphatic rings.